The first-order valence-corrected chi connectivity index (χ1v) is 6.76. The van der Waals surface area contributed by atoms with E-state index in [1.165, 1.54) is 4.88 Å². The predicted octanol–water partition coefficient (Wildman–Crippen LogP) is 1.49. The molecule has 2 atom stereocenters. The van der Waals surface area contributed by atoms with E-state index in [2.05, 4.69) is 30.8 Å². The first kappa shape index (κ1) is 14.6. The highest BCUT2D eigenvalue weighted by Crippen LogP contribution is 2.18. The van der Waals surface area contributed by atoms with Gasteiger partial charge in [0.25, 0.3) is 0 Å². The Balaban J connectivity index is 2.60. The fraction of sp³-hybridized carbons (Fsp3) is 0.750. The summed E-state index contributed by atoms with van der Waals surface area (Å²) in [5, 5.41) is 0. The number of hydrogen-bond donors (Lipinski definition) is 1. The normalized spacial score (nSPS) is 15.2. The molecule has 2 N–H and O–H groups in total. The standard InChI is InChI=1S/C12H23N3OS/c1-9(7-16-4)11(5-13)15(3)6-12-10(2)14-8-17-12/h8-9,11H,5-7,13H2,1-4H3. The van der Waals surface area contributed by atoms with Gasteiger partial charge in [0.15, 0.2) is 0 Å². The zero-order valence-electron chi connectivity index (χ0n) is 11.1. The Hall–Kier alpha value is -0.490. The van der Waals surface area contributed by atoms with Crippen LogP contribution in [0.1, 0.15) is 17.5 Å². The molecule has 5 heteroatoms. The Morgan fingerprint density at radius 1 is 1.59 bits per heavy atom. The molecule has 0 radical (unpaired) electrons. The number of nitrogens with zero attached hydrogens (tertiary/aromatic N) is 2. The Labute approximate surface area is 108 Å². The minimum absolute atomic E-state index is 0.344. The van der Waals surface area contributed by atoms with Crippen molar-refractivity contribution < 1.29 is 4.74 Å². The van der Waals surface area contributed by atoms with Crippen molar-refractivity contribution in [3.8, 4) is 0 Å². The molecule has 17 heavy (non-hydrogen) atoms. The predicted molar refractivity (Wildman–Crippen MR) is 72.2 cm³/mol. The van der Waals surface area contributed by atoms with Crippen molar-refractivity contribution >= 4 is 11.3 Å². The molecule has 1 heterocycles. The summed E-state index contributed by atoms with van der Waals surface area (Å²) in [4.78, 5) is 7.88. The van der Waals surface area contributed by atoms with Gasteiger partial charge < -0.3 is 10.5 Å². The molecular formula is C12H23N3OS. The number of nitrogens with two attached hydrogens (primary N) is 1. The van der Waals surface area contributed by atoms with Crippen LogP contribution < -0.4 is 5.73 Å². The quantitative estimate of drug-likeness (QED) is 0.804. The second-order valence-corrected chi connectivity index (χ2v) is 5.45. The van der Waals surface area contributed by atoms with Crippen molar-refractivity contribution in [3.63, 3.8) is 0 Å². The van der Waals surface area contributed by atoms with E-state index in [0.717, 1.165) is 18.8 Å². The molecule has 0 amide bonds. The number of likely N-dealkylation sites (N-methyl/N-ethyl adjacent to an activating group) is 1. The minimum Gasteiger partial charge on any atom is -0.384 e. The first-order chi connectivity index (χ1) is 8.10. The third-order valence-corrected chi connectivity index (χ3v) is 4.05. The average Bonchev–Trinajstić information content (AvgIpc) is 2.66. The van der Waals surface area contributed by atoms with Gasteiger partial charge in [-0.2, -0.15) is 0 Å². The second-order valence-electron chi connectivity index (χ2n) is 4.51. The van der Waals surface area contributed by atoms with Crippen LogP contribution in [0.3, 0.4) is 0 Å². The Bertz CT molecular complexity index is 329. The third kappa shape index (κ3) is 4.03. The summed E-state index contributed by atoms with van der Waals surface area (Å²) in [6, 6.07) is 0.344. The molecule has 0 aliphatic heterocycles. The molecule has 1 rings (SSSR count). The molecule has 0 aliphatic carbocycles. The van der Waals surface area contributed by atoms with Gasteiger partial charge >= 0.3 is 0 Å². The molecule has 1 aromatic heterocycles. The largest absolute Gasteiger partial charge is 0.384 e. The smallest absolute Gasteiger partial charge is 0.0798 e. The van der Waals surface area contributed by atoms with Gasteiger partial charge in [-0.25, -0.2) is 4.98 Å². The maximum atomic E-state index is 5.86. The van der Waals surface area contributed by atoms with Crippen molar-refractivity contribution in [1.29, 1.82) is 0 Å². The number of rotatable bonds is 7. The number of thiazole rings is 1. The van der Waals surface area contributed by atoms with Gasteiger partial charge in [-0.05, 0) is 19.9 Å². The van der Waals surface area contributed by atoms with E-state index in [1.807, 2.05) is 5.51 Å². The van der Waals surface area contributed by atoms with E-state index in [-0.39, 0.29) is 0 Å². The summed E-state index contributed by atoms with van der Waals surface area (Å²) in [5.41, 5.74) is 8.88. The van der Waals surface area contributed by atoms with Gasteiger partial charge in [0.05, 0.1) is 17.8 Å². The van der Waals surface area contributed by atoms with Gasteiger partial charge in [-0.15, -0.1) is 11.3 Å². The molecule has 0 aromatic carbocycles. The van der Waals surface area contributed by atoms with E-state index in [4.69, 9.17) is 10.5 Å². The molecule has 1 aromatic rings. The maximum Gasteiger partial charge on any atom is 0.0798 e. The van der Waals surface area contributed by atoms with Crippen LogP contribution in [-0.2, 0) is 11.3 Å². The lowest BCUT2D eigenvalue weighted by atomic mass is 10.0. The van der Waals surface area contributed by atoms with Gasteiger partial charge in [-0.3, -0.25) is 4.90 Å². The summed E-state index contributed by atoms with van der Waals surface area (Å²) < 4.78 is 5.20. The lowest BCUT2D eigenvalue weighted by Gasteiger charge is -2.31. The number of ether oxygens (including phenoxy) is 1. The first-order valence-electron chi connectivity index (χ1n) is 5.88. The number of aryl methyl sites for hydroxylation is 1. The fourth-order valence-corrected chi connectivity index (χ4v) is 2.88. The highest BCUT2D eigenvalue weighted by atomic mass is 32.1. The number of aromatic nitrogens is 1. The second kappa shape index (κ2) is 7.06. The SMILES string of the molecule is COCC(C)C(CN)N(C)Cc1scnc1C. The zero-order chi connectivity index (χ0) is 12.8. The molecule has 4 nitrogen and oxygen atoms in total. The topological polar surface area (TPSA) is 51.4 Å². The van der Waals surface area contributed by atoms with Crippen LogP contribution >= 0.6 is 11.3 Å². The maximum absolute atomic E-state index is 5.86. The van der Waals surface area contributed by atoms with E-state index in [1.54, 1.807) is 18.4 Å². The summed E-state index contributed by atoms with van der Waals surface area (Å²) in [7, 11) is 3.85. The minimum atomic E-state index is 0.344. The van der Waals surface area contributed by atoms with E-state index in [0.29, 0.717) is 18.5 Å². The molecule has 0 bridgehead atoms. The van der Waals surface area contributed by atoms with Gasteiger partial charge in [-0.1, -0.05) is 6.92 Å². The Morgan fingerprint density at radius 3 is 2.76 bits per heavy atom. The summed E-state index contributed by atoms with van der Waals surface area (Å²) in [6.07, 6.45) is 0. The van der Waals surface area contributed by atoms with Gasteiger partial charge in [0, 0.05) is 31.1 Å². The molecule has 0 fully saturated rings. The molecule has 0 spiro atoms. The van der Waals surface area contributed by atoms with Crippen molar-refractivity contribution in [1.82, 2.24) is 9.88 Å². The Kier molecular flexibility index (Phi) is 6.05. The average molecular weight is 257 g/mol. The fourth-order valence-electron chi connectivity index (χ4n) is 2.04. The molecular weight excluding hydrogens is 234 g/mol. The van der Waals surface area contributed by atoms with Crippen LogP contribution in [0.5, 0.6) is 0 Å². The van der Waals surface area contributed by atoms with Crippen LogP contribution in [0.15, 0.2) is 5.51 Å². The van der Waals surface area contributed by atoms with Crippen LogP contribution in [-0.4, -0.2) is 43.2 Å². The molecule has 98 valence electrons. The molecule has 0 saturated heterocycles. The molecule has 0 saturated carbocycles. The Morgan fingerprint density at radius 2 is 2.29 bits per heavy atom. The van der Waals surface area contributed by atoms with E-state index in [9.17, 15) is 0 Å². The van der Waals surface area contributed by atoms with Gasteiger partial charge in [0.1, 0.15) is 0 Å². The van der Waals surface area contributed by atoms with Crippen molar-refractivity contribution in [3.05, 3.63) is 16.1 Å². The van der Waals surface area contributed by atoms with Crippen LogP contribution in [0.25, 0.3) is 0 Å². The van der Waals surface area contributed by atoms with E-state index < -0.39 is 0 Å². The van der Waals surface area contributed by atoms with Crippen molar-refractivity contribution in [2.45, 2.75) is 26.4 Å². The van der Waals surface area contributed by atoms with Crippen molar-refractivity contribution in [2.75, 3.05) is 27.3 Å². The summed E-state index contributed by atoms with van der Waals surface area (Å²) in [6.45, 7) is 6.53. The summed E-state index contributed by atoms with van der Waals surface area (Å²) in [5.74, 6) is 0.434. The van der Waals surface area contributed by atoms with Crippen LogP contribution in [0.4, 0.5) is 0 Å². The molecule has 2 unspecified atom stereocenters. The highest BCUT2D eigenvalue weighted by molar-refractivity contribution is 7.09. The van der Waals surface area contributed by atoms with Crippen LogP contribution in [0.2, 0.25) is 0 Å². The number of methoxy groups -OCH3 is 1. The van der Waals surface area contributed by atoms with E-state index >= 15 is 0 Å². The number of hydrogen-bond acceptors (Lipinski definition) is 5. The van der Waals surface area contributed by atoms with Gasteiger partial charge in [0.2, 0.25) is 0 Å². The van der Waals surface area contributed by atoms with Crippen molar-refractivity contribution in [2.24, 2.45) is 11.7 Å². The molecule has 0 aliphatic rings. The third-order valence-electron chi connectivity index (χ3n) is 3.13. The summed E-state index contributed by atoms with van der Waals surface area (Å²) >= 11 is 1.71. The highest BCUT2D eigenvalue weighted by Gasteiger charge is 2.21. The van der Waals surface area contributed by atoms with Crippen LogP contribution in [0, 0.1) is 12.8 Å². The zero-order valence-corrected chi connectivity index (χ0v) is 12.0. The lowest BCUT2D eigenvalue weighted by Crippen LogP contribution is -2.43. The lowest BCUT2D eigenvalue weighted by molar-refractivity contribution is 0.0956. The monoisotopic (exact) mass is 257 g/mol.